The fourth-order valence-electron chi connectivity index (χ4n) is 3.25. The molecule has 0 atom stereocenters. The topological polar surface area (TPSA) is 88.8 Å². The highest BCUT2D eigenvalue weighted by Gasteiger charge is 2.23. The summed E-state index contributed by atoms with van der Waals surface area (Å²) >= 11 is 1.43. The molecule has 0 aliphatic heterocycles. The molecule has 172 valence electrons. The summed E-state index contributed by atoms with van der Waals surface area (Å²) < 4.78 is 6.63. The number of halogens is 1. The second-order valence-corrected chi connectivity index (χ2v) is 7.83. The van der Waals surface area contributed by atoms with Gasteiger partial charge in [0.05, 0.1) is 16.2 Å². The smallest absolute Gasteiger partial charge is 0.269 e. The maximum Gasteiger partial charge on any atom is 0.269 e. The van der Waals surface area contributed by atoms with Crippen LogP contribution in [0, 0.1) is 10.1 Å². The molecule has 0 N–H and O–H groups in total. The molecule has 2 aromatic carbocycles. The standard InChI is InChI=1S/C22H26N4O4S.ClH/c1-4-24(5-2)14-15-25(21(27)16-10-12-17(13-11-16)26(28)29)22-23-20-18(30-6-3)8-7-9-19(20)31-22;/h7-13H,4-6,14-15H2,1-3H3;1H. The minimum atomic E-state index is -0.477. The van der Waals surface area contributed by atoms with Crippen molar-refractivity contribution >= 4 is 50.7 Å². The van der Waals surface area contributed by atoms with Gasteiger partial charge in [0.1, 0.15) is 11.3 Å². The number of aromatic nitrogens is 1. The Morgan fingerprint density at radius 1 is 1.09 bits per heavy atom. The van der Waals surface area contributed by atoms with E-state index in [4.69, 9.17) is 9.72 Å². The van der Waals surface area contributed by atoms with E-state index >= 15 is 0 Å². The number of fused-ring (bicyclic) bond motifs is 1. The fourth-order valence-corrected chi connectivity index (χ4v) is 4.25. The maximum absolute atomic E-state index is 13.4. The summed E-state index contributed by atoms with van der Waals surface area (Å²) in [4.78, 5) is 32.5. The van der Waals surface area contributed by atoms with Crippen LogP contribution in [0.4, 0.5) is 10.8 Å². The molecule has 0 bridgehead atoms. The summed E-state index contributed by atoms with van der Waals surface area (Å²) in [6, 6.07) is 11.4. The summed E-state index contributed by atoms with van der Waals surface area (Å²) in [6.07, 6.45) is 0. The number of para-hydroxylation sites is 1. The largest absolute Gasteiger partial charge is 0.492 e. The summed E-state index contributed by atoms with van der Waals surface area (Å²) in [5, 5.41) is 11.5. The van der Waals surface area contributed by atoms with Crippen molar-refractivity contribution in [3.63, 3.8) is 0 Å². The van der Waals surface area contributed by atoms with Gasteiger partial charge in [-0.05, 0) is 44.3 Å². The molecule has 0 spiro atoms. The molecule has 8 nitrogen and oxygen atoms in total. The van der Waals surface area contributed by atoms with Gasteiger partial charge >= 0.3 is 0 Å². The van der Waals surface area contributed by atoms with E-state index in [0.717, 1.165) is 23.3 Å². The van der Waals surface area contributed by atoms with Gasteiger partial charge in [0.15, 0.2) is 5.13 Å². The van der Waals surface area contributed by atoms with Gasteiger partial charge in [-0.1, -0.05) is 31.3 Å². The van der Waals surface area contributed by atoms with Gasteiger partial charge in [-0.2, -0.15) is 0 Å². The lowest BCUT2D eigenvalue weighted by Crippen LogP contribution is -2.38. The molecule has 0 aliphatic rings. The Morgan fingerprint density at radius 2 is 1.78 bits per heavy atom. The third kappa shape index (κ3) is 5.73. The van der Waals surface area contributed by atoms with E-state index in [1.165, 1.54) is 35.6 Å². The van der Waals surface area contributed by atoms with Crippen molar-refractivity contribution in [3.05, 3.63) is 58.1 Å². The molecule has 0 aliphatic carbocycles. The number of nitrogens with zero attached hydrogens (tertiary/aromatic N) is 4. The Morgan fingerprint density at radius 3 is 2.38 bits per heavy atom. The second-order valence-electron chi connectivity index (χ2n) is 6.82. The Hall–Kier alpha value is -2.75. The number of amides is 1. The van der Waals surface area contributed by atoms with Crippen LogP contribution in [0.15, 0.2) is 42.5 Å². The predicted molar refractivity (Wildman–Crippen MR) is 131 cm³/mol. The number of anilines is 1. The minimum absolute atomic E-state index is 0. The Labute approximate surface area is 197 Å². The number of hydrogen-bond acceptors (Lipinski definition) is 7. The third-order valence-electron chi connectivity index (χ3n) is 5.01. The molecular weight excluding hydrogens is 452 g/mol. The number of benzene rings is 2. The van der Waals surface area contributed by atoms with Gasteiger partial charge in [-0.3, -0.25) is 19.8 Å². The average Bonchev–Trinajstić information content (AvgIpc) is 3.21. The predicted octanol–water partition coefficient (Wildman–Crippen LogP) is 5.01. The zero-order valence-electron chi connectivity index (χ0n) is 18.3. The highest BCUT2D eigenvalue weighted by Crippen LogP contribution is 2.34. The van der Waals surface area contributed by atoms with Crippen LogP contribution in [0.2, 0.25) is 0 Å². The lowest BCUT2D eigenvalue weighted by atomic mass is 10.2. The van der Waals surface area contributed by atoms with Gasteiger partial charge in [0.25, 0.3) is 11.6 Å². The Bertz CT molecular complexity index is 1050. The number of hydrogen-bond donors (Lipinski definition) is 0. The van der Waals surface area contributed by atoms with Gasteiger partial charge in [-0.25, -0.2) is 4.98 Å². The van der Waals surface area contributed by atoms with E-state index < -0.39 is 4.92 Å². The molecule has 32 heavy (non-hydrogen) atoms. The lowest BCUT2D eigenvalue weighted by molar-refractivity contribution is -0.384. The molecule has 0 saturated heterocycles. The van der Waals surface area contributed by atoms with Crippen molar-refractivity contribution in [2.45, 2.75) is 20.8 Å². The van der Waals surface area contributed by atoms with Crippen molar-refractivity contribution in [2.75, 3.05) is 37.7 Å². The number of nitro groups is 1. The van der Waals surface area contributed by atoms with Crippen LogP contribution in [0.25, 0.3) is 10.2 Å². The molecular formula is C22H27ClN4O4S. The maximum atomic E-state index is 13.4. The molecule has 1 heterocycles. The molecule has 1 amide bonds. The van der Waals surface area contributed by atoms with Gasteiger partial charge < -0.3 is 9.64 Å². The molecule has 0 unspecified atom stereocenters. The van der Waals surface area contributed by atoms with E-state index in [0.29, 0.717) is 36.1 Å². The van der Waals surface area contributed by atoms with Gasteiger partial charge in [0.2, 0.25) is 0 Å². The summed E-state index contributed by atoms with van der Waals surface area (Å²) in [7, 11) is 0. The van der Waals surface area contributed by atoms with Crippen LogP contribution in [0.5, 0.6) is 5.75 Å². The first-order valence-corrected chi connectivity index (χ1v) is 11.1. The van der Waals surface area contributed by atoms with E-state index in [1.54, 1.807) is 4.90 Å². The van der Waals surface area contributed by atoms with Crippen LogP contribution in [0.3, 0.4) is 0 Å². The minimum Gasteiger partial charge on any atom is -0.492 e. The van der Waals surface area contributed by atoms with Crippen LogP contribution in [0.1, 0.15) is 31.1 Å². The quantitative estimate of drug-likeness (QED) is 0.300. The third-order valence-corrected chi connectivity index (χ3v) is 6.05. The SMILES string of the molecule is CCOc1cccc2sc(N(CCN(CC)CC)C(=O)c3ccc([N+](=O)[O-])cc3)nc12.Cl. The Balaban J connectivity index is 0.00000363. The number of carbonyl (C=O) groups is 1. The molecule has 0 fully saturated rings. The number of rotatable bonds is 10. The molecule has 0 saturated carbocycles. The highest BCUT2D eigenvalue weighted by atomic mass is 35.5. The monoisotopic (exact) mass is 478 g/mol. The molecule has 10 heteroatoms. The van der Waals surface area contributed by atoms with Crippen LogP contribution >= 0.6 is 23.7 Å². The number of non-ortho nitro benzene ring substituents is 1. The van der Waals surface area contributed by atoms with Crippen LogP contribution < -0.4 is 9.64 Å². The summed E-state index contributed by atoms with van der Waals surface area (Å²) in [6.45, 7) is 9.52. The highest BCUT2D eigenvalue weighted by molar-refractivity contribution is 7.22. The normalized spacial score (nSPS) is 10.8. The zero-order valence-corrected chi connectivity index (χ0v) is 19.9. The molecule has 0 radical (unpaired) electrons. The summed E-state index contributed by atoms with van der Waals surface area (Å²) in [5.74, 6) is 0.452. The molecule has 3 rings (SSSR count). The lowest BCUT2D eigenvalue weighted by Gasteiger charge is -2.24. The van der Waals surface area contributed by atoms with Crippen molar-refractivity contribution in [1.82, 2.24) is 9.88 Å². The van der Waals surface area contributed by atoms with Crippen molar-refractivity contribution in [2.24, 2.45) is 0 Å². The van der Waals surface area contributed by atoms with E-state index in [2.05, 4.69) is 18.7 Å². The second kappa shape index (κ2) is 11.8. The number of ether oxygens (including phenoxy) is 1. The average molecular weight is 479 g/mol. The van der Waals surface area contributed by atoms with Crippen molar-refractivity contribution in [1.29, 1.82) is 0 Å². The first-order valence-electron chi connectivity index (χ1n) is 10.3. The number of thiazole rings is 1. The number of carbonyl (C=O) groups excluding carboxylic acids is 1. The van der Waals surface area contributed by atoms with E-state index in [1.807, 2.05) is 25.1 Å². The zero-order chi connectivity index (χ0) is 22.4. The van der Waals surface area contributed by atoms with E-state index in [9.17, 15) is 14.9 Å². The van der Waals surface area contributed by atoms with Crippen LogP contribution in [-0.4, -0.2) is 53.5 Å². The Kier molecular flexibility index (Phi) is 9.37. The van der Waals surface area contributed by atoms with Gasteiger partial charge in [0, 0.05) is 30.8 Å². The molecule has 1 aromatic heterocycles. The fraction of sp³-hybridized carbons (Fsp3) is 0.364. The number of nitro benzene ring substituents is 1. The van der Waals surface area contributed by atoms with Gasteiger partial charge in [-0.15, -0.1) is 12.4 Å². The molecule has 3 aromatic rings. The van der Waals surface area contributed by atoms with E-state index in [-0.39, 0.29) is 24.0 Å². The number of likely N-dealkylation sites (N-methyl/N-ethyl adjacent to an activating group) is 1. The van der Waals surface area contributed by atoms with Crippen molar-refractivity contribution < 1.29 is 14.5 Å². The van der Waals surface area contributed by atoms with Crippen LogP contribution in [-0.2, 0) is 0 Å². The first-order chi connectivity index (χ1) is 15.0. The summed E-state index contributed by atoms with van der Waals surface area (Å²) in [5.41, 5.74) is 1.07. The van der Waals surface area contributed by atoms with Crippen molar-refractivity contribution in [3.8, 4) is 5.75 Å². The first kappa shape index (κ1) is 25.5.